The molecule has 26 heavy (non-hydrogen) atoms. The zero-order chi connectivity index (χ0) is 19.4. The van der Waals surface area contributed by atoms with Gasteiger partial charge in [0.05, 0.1) is 0 Å². The van der Waals surface area contributed by atoms with Gasteiger partial charge in [-0.25, -0.2) is 0 Å². The lowest BCUT2D eigenvalue weighted by atomic mass is 9.45. The molecule has 4 aliphatic carbocycles. The minimum absolute atomic E-state index is 0.717. The highest BCUT2D eigenvalue weighted by Crippen LogP contribution is 2.67. The zero-order valence-electron chi connectivity index (χ0n) is 17.7. The summed E-state index contributed by atoms with van der Waals surface area (Å²) in [4.78, 5) is 0. The average Bonchev–Trinajstić information content (AvgIpc) is 3.01. The third-order valence-electron chi connectivity index (χ3n) is 9.42. The molecular weight excluding hydrogens is 312 g/mol. The Morgan fingerprint density at radius 1 is 0.731 bits per heavy atom. The van der Waals surface area contributed by atoms with E-state index in [1.165, 1.54) is 25.7 Å². The van der Waals surface area contributed by atoms with Crippen molar-refractivity contribution in [2.45, 2.75) is 97.8 Å². The predicted molar refractivity (Wildman–Crippen MR) is 115 cm³/mol. The molecule has 0 amide bonds. The van der Waals surface area contributed by atoms with Gasteiger partial charge in [-0.3, -0.25) is 0 Å². The molecule has 4 saturated carbocycles. The van der Waals surface area contributed by atoms with E-state index in [2.05, 4.69) is 46.5 Å². The van der Waals surface area contributed by atoms with Gasteiger partial charge in [-0.2, -0.15) is 0 Å². The fourth-order valence-electron chi connectivity index (χ4n) is 8.23. The summed E-state index contributed by atoms with van der Waals surface area (Å²) in [6.07, 6.45) is 34.5. The molecule has 0 radical (unpaired) electrons. The lowest BCUT2D eigenvalue weighted by molar-refractivity contribution is -0.111. The van der Waals surface area contributed by atoms with Gasteiger partial charge in [0, 0.05) is 0 Å². The first-order valence-electron chi connectivity index (χ1n) is 11.3. The van der Waals surface area contributed by atoms with E-state index in [1.54, 1.807) is 51.4 Å². The van der Waals surface area contributed by atoms with Crippen molar-refractivity contribution < 1.29 is 0 Å². The van der Waals surface area contributed by atoms with Crippen LogP contribution in [0.2, 0.25) is 0 Å². The first kappa shape index (κ1) is 21.4. The Hall–Kier alpha value is -0.880. The molecule has 0 heterocycles. The molecule has 0 spiro atoms. The van der Waals surface area contributed by atoms with Crippen LogP contribution in [-0.2, 0) is 0 Å². The minimum Gasteiger partial charge on any atom is -0.124 e. The molecule has 0 N–H and O–H groups in total. The summed E-state index contributed by atoms with van der Waals surface area (Å²) in [5.74, 6) is 5.41. The van der Waals surface area contributed by atoms with Crippen LogP contribution >= 0.6 is 0 Å². The number of rotatable bonds is 2. The molecular formula is C26H42. The normalized spacial score (nSPS) is 46.2. The maximum atomic E-state index is 4.00. The van der Waals surface area contributed by atoms with Gasteiger partial charge in [0.1, 0.15) is 0 Å². The smallest absolute Gasteiger partial charge is 0.0266 e. The second kappa shape index (κ2) is 8.87. The summed E-state index contributed by atoms with van der Waals surface area (Å²) < 4.78 is 0. The average molecular weight is 355 g/mol. The van der Waals surface area contributed by atoms with Crippen molar-refractivity contribution >= 4 is 0 Å². The van der Waals surface area contributed by atoms with Crippen LogP contribution < -0.4 is 0 Å². The van der Waals surface area contributed by atoms with Crippen LogP contribution in [0.4, 0.5) is 0 Å². The molecule has 4 rings (SSSR count). The Bertz CT molecular complexity index is 479. The van der Waals surface area contributed by atoms with E-state index in [-0.39, 0.29) is 0 Å². The quantitative estimate of drug-likeness (QED) is 0.455. The van der Waals surface area contributed by atoms with Crippen molar-refractivity contribution in [3.8, 4) is 25.7 Å². The topological polar surface area (TPSA) is 0 Å². The lowest BCUT2D eigenvalue weighted by Crippen LogP contribution is -2.52. The van der Waals surface area contributed by atoms with Crippen LogP contribution in [0.5, 0.6) is 0 Å². The van der Waals surface area contributed by atoms with Crippen LogP contribution in [0, 0.1) is 66.1 Å². The van der Waals surface area contributed by atoms with E-state index < -0.39 is 0 Å². The van der Waals surface area contributed by atoms with Gasteiger partial charge in [0.2, 0.25) is 0 Å². The first-order chi connectivity index (χ1) is 12.6. The summed E-state index contributed by atoms with van der Waals surface area (Å²) in [5, 5.41) is 0. The molecule has 0 aromatic carbocycles. The van der Waals surface area contributed by atoms with Gasteiger partial charge in [0.15, 0.2) is 0 Å². The van der Waals surface area contributed by atoms with Gasteiger partial charge < -0.3 is 0 Å². The second-order valence-electron chi connectivity index (χ2n) is 10.0. The van der Waals surface area contributed by atoms with Gasteiger partial charge >= 0.3 is 0 Å². The van der Waals surface area contributed by atoms with Crippen molar-refractivity contribution in [2.24, 2.45) is 40.4 Å². The Morgan fingerprint density at radius 3 is 2.12 bits per heavy atom. The molecule has 2 unspecified atom stereocenters. The highest BCUT2D eigenvalue weighted by molar-refractivity contribution is 5.08. The Kier molecular flexibility index (Phi) is 7.31. The molecule has 0 aromatic rings. The molecule has 4 fully saturated rings. The number of hydrogen-bond acceptors (Lipinski definition) is 0. The van der Waals surface area contributed by atoms with Crippen molar-refractivity contribution in [3.05, 3.63) is 0 Å². The van der Waals surface area contributed by atoms with E-state index in [0.29, 0.717) is 0 Å². The summed E-state index contributed by atoms with van der Waals surface area (Å²) in [7, 11) is 0. The Balaban J connectivity index is 0.000000570. The molecule has 0 nitrogen and oxygen atoms in total. The highest BCUT2D eigenvalue weighted by atomic mass is 14.6. The maximum absolute atomic E-state index is 4.00. The van der Waals surface area contributed by atoms with Crippen molar-refractivity contribution in [3.63, 3.8) is 0 Å². The summed E-state index contributed by atoms with van der Waals surface area (Å²) in [5.41, 5.74) is 1.44. The monoisotopic (exact) mass is 354 g/mol. The second-order valence-corrected chi connectivity index (χ2v) is 10.0. The predicted octanol–water partition coefficient (Wildman–Crippen LogP) is 7.33. The molecule has 0 heteroatoms. The van der Waals surface area contributed by atoms with Gasteiger partial charge in [-0.15, -0.1) is 25.7 Å². The third-order valence-corrected chi connectivity index (χ3v) is 9.42. The summed E-state index contributed by atoms with van der Waals surface area (Å²) in [6.45, 7) is 7.82. The van der Waals surface area contributed by atoms with Crippen LogP contribution in [0.1, 0.15) is 97.8 Å². The molecule has 146 valence electrons. The minimum atomic E-state index is 0.717. The van der Waals surface area contributed by atoms with Crippen molar-refractivity contribution in [1.82, 2.24) is 0 Å². The maximum Gasteiger partial charge on any atom is -0.0266 e. The molecule has 7 atom stereocenters. The van der Waals surface area contributed by atoms with Gasteiger partial charge in [-0.05, 0) is 91.8 Å². The molecule has 0 aliphatic heterocycles. The third kappa shape index (κ3) is 3.35. The standard InChI is InChI=1S/C22H38.2C2H2/c1-4-7-16-10-12-19-18-11-9-17-8-5-6-14-21(17,2)20(18)13-15-22(16,19)3;2*1-2/h16-20H,4-15H2,1-3H3;2*1-2H/t16-,17-,18-,19?,20?,21-,22+;;/m0../s1. The van der Waals surface area contributed by atoms with E-state index in [9.17, 15) is 0 Å². The van der Waals surface area contributed by atoms with Gasteiger partial charge in [0.25, 0.3) is 0 Å². The number of hydrogen-bond donors (Lipinski definition) is 0. The van der Waals surface area contributed by atoms with E-state index >= 15 is 0 Å². The van der Waals surface area contributed by atoms with Crippen molar-refractivity contribution in [1.29, 1.82) is 0 Å². The van der Waals surface area contributed by atoms with E-state index in [4.69, 9.17) is 0 Å². The van der Waals surface area contributed by atoms with Crippen molar-refractivity contribution in [2.75, 3.05) is 0 Å². The number of terminal acetylenes is 2. The fraction of sp³-hybridized carbons (Fsp3) is 0.846. The largest absolute Gasteiger partial charge is 0.124 e. The Labute approximate surface area is 164 Å². The Morgan fingerprint density at radius 2 is 1.42 bits per heavy atom. The molecule has 0 aromatic heterocycles. The van der Waals surface area contributed by atoms with E-state index in [0.717, 1.165) is 40.4 Å². The van der Waals surface area contributed by atoms with E-state index in [1.807, 2.05) is 0 Å². The fourth-order valence-corrected chi connectivity index (χ4v) is 8.23. The zero-order valence-corrected chi connectivity index (χ0v) is 17.7. The molecule has 0 saturated heterocycles. The first-order valence-corrected chi connectivity index (χ1v) is 11.3. The summed E-state index contributed by atoms with van der Waals surface area (Å²) >= 11 is 0. The SMILES string of the molecule is C#C.C#C.CCC[C@H]1CCC2[C@@H]3CC[C@@H]4CCCC[C@]4(C)C3CC[C@@]21C. The number of fused-ring (bicyclic) bond motifs is 5. The summed E-state index contributed by atoms with van der Waals surface area (Å²) in [6, 6.07) is 0. The molecule has 0 bridgehead atoms. The lowest BCUT2D eigenvalue weighted by Gasteiger charge is -2.60. The molecule has 4 aliphatic rings. The highest BCUT2D eigenvalue weighted by Gasteiger charge is 2.59. The van der Waals surface area contributed by atoms with Crippen LogP contribution in [-0.4, -0.2) is 0 Å². The van der Waals surface area contributed by atoms with Gasteiger partial charge in [-0.1, -0.05) is 46.5 Å². The van der Waals surface area contributed by atoms with Crippen LogP contribution in [0.3, 0.4) is 0 Å². The van der Waals surface area contributed by atoms with Crippen LogP contribution in [0.25, 0.3) is 0 Å². The van der Waals surface area contributed by atoms with Crippen LogP contribution in [0.15, 0.2) is 0 Å².